The summed E-state index contributed by atoms with van der Waals surface area (Å²) >= 11 is 0. The van der Waals surface area contributed by atoms with Gasteiger partial charge in [-0.1, -0.05) is 127 Å². The van der Waals surface area contributed by atoms with Crippen molar-refractivity contribution in [2.45, 2.75) is 37.5 Å². The molecule has 0 amide bonds. The van der Waals surface area contributed by atoms with E-state index in [0.717, 1.165) is 35.0 Å². The zero-order valence-electron chi connectivity index (χ0n) is 32.6. The van der Waals surface area contributed by atoms with Crippen molar-refractivity contribution in [1.29, 1.82) is 0 Å². The number of hydrogen-bond acceptors (Lipinski definition) is 1. The Kier molecular flexibility index (Phi) is 6.94. The highest BCUT2D eigenvalue weighted by Gasteiger charge is 2.61. The Morgan fingerprint density at radius 3 is 1.69 bits per heavy atom. The Hall–Kier alpha value is -6.38. The normalized spacial score (nSPS) is 22.6. The summed E-state index contributed by atoms with van der Waals surface area (Å²) in [6.45, 7) is 0. The molecule has 0 saturated heterocycles. The predicted octanol–water partition coefficient (Wildman–Crippen LogP) is 14.8. The summed E-state index contributed by atoms with van der Waals surface area (Å²) < 4.78 is 2.42. The van der Waals surface area contributed by atoms with E-state index in [1.165, 1.54) is 98.3 Å². The molecule has 0 unspecified atom stereocenters. The Morgan fingerprint density at radius 2 is 0.983 bits per heavy atom. The summed E-state index contributed by atoms with van der Waals surface area (Å²) in [4.78, 5) is 2.53. The van der Waals surface area contributed by atoms with E-state index < -0.39 is 0 Å². The van der Waals surface area contributed by atoms with Crippen LogP contribution in [-0.4, -0.2) is 4.57 Å². The van der Waals surface area contributed by atoms with Crippen molar-refractivity contribution in [3.05, 3.63) is 193 Å². The van der Waals surface area contributed by atoms with Crippen LogP contribution in [0.1, 0.15) is 43.2 Å². The minimum absolute atomic E-state index is 0.149. The zero-order chi connectivity index (χ0) is 38.0. The number of nitrogens with zero attached hydrogens (tertiary/aromatic N) is 2. The molecule has 2 heteroatoms. The molecule has 4 fully saturated rings. The third-order valence-electron chi connectivity index (χ3n) is 15.0. The molecule has 1 heterocycles. The summed E-state index contributed by atoms with van der Waals surface area (Å²) in [6, 6.07) is 68.4. The van der Waals surface area contributed by atoms with Gasteiger partial charge in [-0.2, -0.15) is 0 Å². The van der Waals surface area contributed by atoms with E-state index in [1.54, 1.807) is 11.1 Å². The van der Waals surface area contributed by atoms with E-state index in [2.05, 4.69) is 191 Å². The van der Waals surface area contributed by atoms with Crippen LogP contribution >= 0.6 is 0 Å². The number of benzene rings is 8. The van der Waals surface area contributed by atoms with Crippen LogP contribution in [0.2, 0.25) is 0 Å². The van der Waals surface area contributed by atoms with Gasteiger partial charge in [0.1, 0.15) is 0 Å². The highest BCUT2D eigenvalue weighted by molar-refractivity contribution is 6.09. The molecule has 5 aliphatic carbocycles. The number of hydrogen-bond donors (Lipinski definition) is 0. The lowest BCUT2D eigenvalue weighted by Gasteiger charge is -2.61. The monoisotopic (exact) mass is 744 g/mol. The summed E-state index contributed by atoms with van der Waals surface area (Å²) in [6.07, 6.45) is 7.05. The van der Waals surface area contributed by atoms with Crippen LogP contribution in [0.4, 0.5) is 17.1 Å². The van der Waals surface area contributed by atoms with E-state index in [1.807, 2.05) is 0 Å². The fraction of sp³-hybridized carbons (Fsp3) is 0.179. The van der Waals surface area contributed by atoms with Gasteiger partial charge in [-0.15, -0.1) is 0 Å². The molecule has 9 aromatic rings. The van der Waals surface area contributed by atoms with Gasteiger partial charge in [-0.3, -0.25) is 0 Å². The molecular formula is C56H44N2. The maximum Gasteiger partial charge on any atom is 0.0541 e. The largest absolute Gasteiger partial charge is 0.310 e. The molecule has 8 aromatic carbocycles. The minimum atomic E-state index is 0.149. The van der Waals surface area contributed by atoms with Crippen molar-refractivity contribution in [1.82, 2.24) is 4.57 Å². The molecule has 4 saturated carbocycles. The lowest BCUT2D eigenvalue weighted by atomic mass is 9.43. The molecule has 58 heavy (non-hydrogen) atoms. The van der Waals surface area contributed by atoms with Gasteiger partial charge < -0.3 is 9.47 Å². The van der Waals surface area contributed by atoms with E-state index in [9.17, 15) is 0 Å². The van der Waals surface area contributed by atoms with Crippen molar-refractivity contribution >= 4 is 49.6 Å². The van der Waals surface area contributed by atoms with Crippen LogP contribution in [0, 0.1) is 23.7 Å². The Bertz CT molecular complexity index is 3000. The molecule has 5 aliphatic rings. The number of rotatable bonds is 5. The zero-order valence-corrected chi connectivity index (χ0v) is 32.6. The number of aromatic nitrogens is 1. The topological polar surface area (TPSA) is 8.17 Å². The summed E-state index contributed by atoms with van der Waals surface area (Å²) in [5.41, 5.74) is 15.9. The quantitative estimate of drug-likeness (QED) is 0.170. The summed E-state index contributed by atoms with van der Waals surface area (Å²) in [5, 5.41) is 5.07. The third kappa shape index (κ3) is 4.49. The van der Waals surface area contributed by atoms with Crippen LogP contribution in [0.15, 0.2) is 182 Å². The van der Waals surface area contributed by atoms with Gasteiger partial charge >= 0.3 is 0 Å². The SMILES string of the molecule is c1ccc(-c2ccc(N(c3ccc(-n4c5ccccc5c5ccccc54)cc3)c3ccc4c(c3)-c3ccccc3C43C4CC5CC(C4)CC3C5)c3ccccc23)cc1. The maximum atomic E-state index is 2.56. The van der Waals surface area contributed by atoms with Gasteiger partial charge in [0.05, 0.1) is 16.7 Å². The molecule has 14 rings (SSSR count). The average Bonchev–Trinajstić information content (AvgIpc) is 3.77. The molecule has 0 radical (unpaired) electrons. The van der Waals surface area contributed by atoms with Gasteiger partial charge in [0, 0.05) is 38.6 Å². The first-order valence-corrected chi connectivity index (χ1v) is 21.4. The van der Waals surface area contributed by atoms with Gasteiger partial charge in [-0.25, -0.2) is 0 Å². The molecule has 278 valence electrons. The molecule has 2 nitrogen and oxygen atoms in total. The van der Waals surface area contributed by atoms with Crippen molar-refractivity contribution < 1.29 is 0 Å². The molecular weight excluding hydrogens is 701 g/mol. The van der Waals surface area contributed by atoms with E-state index >= 15 is 0 Å². The van der Waals surface area contributed by atoms with E-state index in [4.69, 9.17) is 0 Å². The smallest absolute Gasteiger partial charge is 0.0541 e. The Labute approximate surface area is 340 Å². The fourth-order valence-corrected chi connectivity index (χ4v) is 13.0. The highest BCUT2D eigenvalue weighted by atomic mass is 15.1. The first kappa shape index (κ1) is 32.7. The lowest BCUT2D eigenvalue weighted by Crippen LogP contribution is -2.55. The first-order chi connectivity index (χ1) is 28.7. The minimum Gasteiger partial charge on any atom is -0.310 e. The van der Waals surface area contributed by atoms with E-state index in [-0.39, 0.29) is 5.41 Å². The number of anilines is 3. The van der Waals surface area contributed by atoms with Gasteiger partial charge in [0.25, 0.3) is 0 Å². The summed E-state index contributed by atoms with van der Waals surface area (Å²) in [5.74, 6) is 3.35. The molecule has 4 bridgehead atoms. The van der Waals surface area contributed by atoms with E-state index in [0.29, 0.717) is 0 Å². The predicted molar refractivity (Wildman–Crippen MR) is 242 cm³/mol. The molecule has 1 spiro atoms. The van der Waals surface area contributed by atoms with Gasteiger partial charge in [-0.05, 0) is 149 Å². The fourth-order valence-electron chi connectivity index (χ4n) is 13.0. The van der Waals surface area contributed by atoms with Crippen molar-refractivity contribution in [3.8, 4) is 27.9 Å². The molecule has 0 aliphatic heterocycles. The average molecular weight is 745 g/mol. The Balaban J connectivity index is 1.02. The number of fused-ring (bicyclic) bond motifs is 7. The Morgan fingerprint density at radius 1 is 0.414 bits per heavy atom. The van der Waals surface area contributed by atoms with Crippen LogP contribution < -0.4 is 4.90 Å². The highest BCUT2D eigenvalue weighted by Crippen LogP contribution is 2.69. The third-order valence-corrected chi connectivity index (χ3v) is 15.0. The maximum absolute atomic E-state index is 2.56. The molecule has 0 atom stereocenters. The van der Waals surface area contributed by atoms with Gasteiger partial charge in [0.15, 0.2) is 0 Å². The first-order valence-electron chi connectivity index (χ1n) is 21.4. The summed E-state index contributed by atoms with van der Waals surface area (Å²) in [7, 11) is 0. The van der Waals surface area contributed by atoms with Crippen LogP contribution in [0.25, 0.3) is 60.5 Å². The van der Waals surface area contributed by atoms with Crippen molar-refractivity contribution in [3.63, 3.8) is 0 Å². The second-order valence-corrected chi connectivity index (χ2v) is 17.7. The molecule has 0 N–H and O–H groups in total. The van der Waals surface area contributed by atoms with Crippen molar-refractivity contribution in [2.75, 3.05) is 4.90 Å². The standard InChI is InChI=1S/C56H44N2/c1-2-12-38(13-3-1)44-27-29-55(47-16-5-4-14-45(44)47)57(41-22-24-42(25-23-41)58-53-20-10-7-17-48(53)49-18-8-11-21-54(49)58)43-26-28-52-50(35-43)46-15-6-9-19-51(46)56(52)39-31-36-30-37(33-39)34-40(56)32-36/h1-29,35-37,39-40H,30-34H2. The second kappa shape index (κ2) is 12.3. The van der Waals surface area contributed by atoms with Crippen LogP contribution in [0.3, 0.4) is 0 Å². The van der Waals surface area contributed by atoms with Crippen LogP contribution in [0.5, 0.6) is 0 Å². The second-order valence-electron chi connectivity index (χ2n) is 17.7. The van der Waals surface area contributed by atoms with Crippen molar-refractivity contribution in [2.24, 2.45) is 23.7 Å². The van der Waals surface area contributed by atoms with Crippen LogP contribution in [-0.2, 0) is 5.41 Å². The lowest BCUT2D eigenvalue weighted by molar-refractivity contribution is -0.0399. The number of para-hydroxylation sites is 2. The van der Waals surface area contributed by atoms with Gasteiger partial charge in [0.2, 0.25) is 0 Å². The molecule has 1 aromatic heterocycles.